The first kappa shape index (κ1) is 40.8. The lowest BCUT2D eigenvalue weighted by molar-refractivity contribution is -0.137. The van der Waals surface area contributed by atoms with Crippen LogP contribution in [0, 0.1) is 0 Å². The summed E-state index contributed by atoms with van der Waals surface area (Å²) in [5.74, 6) is -0.139. The predicted molar refractivity (Wildman–Crippen MR) is 193 cm³/mol. The minimum atomic E-state index is -1.53. The fraction of sp³-hybridized carbons (Fsp3) is 0.256. The van der Waals surface area contributed by atoms with Gasteiger partial charge < -0.3 is 33.7 Å². The molecule has 11 heteroatoms. The molecule has 0 aliphatic heterocycles. The molecular weight excluding hydrogens is 639 g/mol. The molecule has 0 saturated heterocycles. The molecule has 0 aromatic heterocycles. The van der Waals surface area contributed by atoms with Crippen molar-refractivity contribution in [1.29, 1.82) is 0 Å². The molecule has 0 unspecified atom stereocenters. The van der Waals surface area contributed by atoms with Crippen molar-refractivity contribution < 1.29 is 48.1 Å². The summed E-state index contributed by atoms with van der Waals surface area (Å²) in [5.41, 5.74) is 2.91. The molecule has 10 nitrogen and oxygen atoms in total. The van der Waals surface area contributed by atoms with Crippen molar-refractivity contribution >= 4 is 30.5 Å². The molecule has 3 rings (SSSR count). The van der Waals surface area contributed by atoms with E-state index in [1.807, 2.05) is 13.8 Å². The van der Waals surface area contributed by atoms with E-state index >= 15 is 0 Å². The third-order valence-electron chi connectivity index (χ3n) is 7.11. The summed E-state index contributed by atoms with van der Waals surface area (Å²) in [6.45, 7) is 17.4. The van der Waals surface area contributed by atoms with Crippen molar-refractivity contribution in [2.45, 2.75) is 54.1 Å². The van der Waals surface area contributed by atoms with Crippen LogP contribution in [0.5, 0.6) is 11.5 Å². The summed E-state index contributed by atoms with van der Waals surface area (Å²) < 4.78 is 27.5. The third kappa shape index (κ3) is 13.3. The Labute approximate surface area is 294 Å². The highest BCUT2D eigenvalue weighted by Gasteiger charge is 2.17. The number of ether oxygens (including phenoxy) is 5. The molecule has 0 heterocycles. The summed E-state index contributed by atoms with van der Waals surface area (Å²) in [5, 5.41) is 18.4. The molecule has 2 N–H and O–H groups in total. The Morgan fingerprint density at radius 2 is 1.26 bits per heavy atom. The van der Waals surface area contributed by atoms with Gasteiger partial charge in [-0.05, 0) is 110 Å². The van der Waals surface area contributed by atoms with Crippen LogP contribution >= 0.6 is 0 Å². The first-order chi connectivity index (χ1) is 24.0. The molecule has 0 spiro atoms. The van der Waals surface area contributed by atoms with Crippen LogP contribution in [0.25, 0.3) is 0 Å². The summed E-state index contributed by atoms with van der Waals surface area (Å²) in [7, 11) is -1.53. The van der Waals surface area contributed by atoms with Crippen LogP contribution in [0.3, 0.4) is 0 Å². The van der Waals surface area contributed by atoms with E-state index in [9.17, 15) is 24.4 Å². The number of carbonyl (C=O) groups is 3. The number of benzene rings is 3. The van der Waals surface area contributed by atoms with E-state index in [0.29, 0.717) is 58.7 Å². The molecule has 0 amide bonds. The van der Waals surface area contributed by atoms with Crippen molar-refractivity contribution in [3.05, 3.63) is 137 Å². The standard InChI is InChI=1S/C37H39BO10.C2H6/c1-6-34(48-37(41)30-14-20-33(21-15-30)46-24-28-10-16-31(17-11-28)38(42)43)26(4)25(3)27(5)47-36(40)29-12-18-32(19-13-29)44-22-8-9-23-45-35(39)7-2;1-2/h6-7,10-21,42-43H,2,5,8-9,22-24H2,1,3-4H3;1-2H3/b26-25-,34-6+;. The summed E-state index contributed by atoms with van der Waals surface area (Å²) in [6.07, 6.45) is 4.08. The Morgan fingerprint density at radius 1 is 0.740 bits per heavy atom. The van der Waals surface area contributed by atoms with Gasteiger partial charge >= 0.3 is 25.0 Å². The molecular formula is C39H45BO10. The van der Waals surface area contributed by atoms with Crippen molar-refractivity contribution in [2.24, 2.45) is 0 Å². The van der Waals surface area contributed by atoms with Gasteiger partial charge in [-0.1, -0.05) is 51.3 Å². The number of esters is 3. The number of rotatable bonds is 17. The van der Waals surface area contributed by atoms with E-state index in [1.54, 1.807) is 99.6 Å². The molecule has 0 fully saturated rings. The number of carbonyl (C=O) groups excluding carboxylic acids is 3. The van der Waals surface area contributed by atoms with Crippen LogP contribution in [-0.2, 0) is 25.6 Å². The summed E-state index contributed by atoms with van der Waals surface area (Å²) in [6, 6.07) is 19.6. The first-order valence-corrected chi connectivity index (χ1v) is 16.2. The average Bonchev–Trinajstić information content (AvgIpc) is 3.14. The fourth-order valence-corrected chi connectivity index (χ4v) is 4.11. The lowest BCUT2D eigenvalue weighted by atomic mass is 9.80. The SMILES string of the molecule is C=CC(=O)OCCCCOc1ccc(C(=O)OC(=C)/C(C)=C(C)\C(=C/C)OC(=O)c2ccc(OCc3ccc(B(O)O)cc3)cc2)cc1.CC. The van der Waals surface area contributed by atoms with Gasteiger partial charge in [-0.15, -0.1) is 0 Å². The average molecular weight is 685 g/mol. The molecule has 0 bridgehead atoms. The van der Waals surface area contributed by atoms with Crippen LogP contribution in [0.15, 0.2) is 121 Å². The normalized spacial score (nSPS) is 11.1. The lowest BCUT2D eigenvalue weighted by Crippen LogP contribution is -2.29. The van der Waals surface area contributed by atoms with E-state index < -0.39 is 25.0 Å². The maximum absolute atomic E-state index is 12.9. The molecule has 0 aliphatic rings. The molecule has 264 valence electrons. The van der Waals surface area contributed by atoms with E-state index in [1.165, 1.54) is 0 Å². The first-order valence-electron chi connectivity index (χ1n) is 16.2. The van der Waals surface area contributed by atoms with Crippen LogP contribution in [0.4, 0.5) is 0 Å². The van der Waals surface area contributed by atoms with Gasteiger partial charge in [-0.25, -0.2) is 14.4 Å². The Hall–Kier alpha value is -5.39. The Bertz CT molecular complexity index is 1640. The number of hydrogen-bond donors (Lipinski definition) is 2. The summed E-state index contributed by atoms with van der Waals surface area (Å²) in [4.78, 5) is 36.7. The molecule has 3 aromatic carbocycles. The zero-order valence-corrected chi connectivity index (χ0v) is 29.3. The second-order valence-electron chi connectivity index (χ2n) is 10.5. The zero-order chi connectivity index (χ0) is 37.1. The minimum absolute atomic E-state index is 0.106. The predicted octanol–water partition coefficient (Wildman–Crippen LogP) is 6.63. The van der Waals surface area contributed by atoms with Gasteiger partial charge in [0.25, 0.3) is 0 Å². The highest BCUT2D eigenvalue weighted by Crippen LogP contribution is 2.24. The van der Waals surface area contributed by atoms with Crippen LogP contribution in [0.2, 0.25) is 0 Å². The Balaban J connectivity index is 0.00000425. The van der Waals surface area contributed by atoms with Gasteiger partial charge in [0.1, 0.15) is 29.6 Å². The zero-order valence-electron chi connectivity index (χ0n) is 29.3. The smallest absolute Gasteiger partial charge is 0.488 e. The topological polar surface area (TPSA) is 138 Å². The monoisotopic (exact) mass is 684 g/mol. The number of unbranched alkanes of at least 4 members (excludes halogenated alkanes) is 1. The van der Waals surface area contributed by atoms with E-state index in [-0.39, 0.29) is 24.7 Å². The van der Waals surface area contributed by atoms with Crippen LogP contribution in [-0.4, -0.2) is 48.3 Å². The fourth-order valence-electron chi connectivity index (χ4n) is 4.11. The highest BCUT2D eigenvalue weighted by atomic mass is 16.5. The maximum Gasteiger partial charge on any atom is 0.488 e. The molecule has 0 atom stereocenters. The van der Waals surface area contributed by atoms with Crippen molar-refractivity contribution in [3.8, 4) is 11.5 Å². The number of allylic oxidation sites excluding steroid dienone is 3. The second kappa shape index (κ2) is 21.6. The summed E-state index contributed by atoms with van der Waals surface area (Å²) >= 11 is 0. The van der Waals surface area contributed by atoms with E-state index in [0.717, 1.165) is 11.6 Å². The van der Waals surface area contributed by atoms with Gasteiger partial charge in [-0.2, -0.15) is 0 Å². The molecule has 50 heavy (non-hydrogen) atoms. The number of hydrogen-bond acceptors (Lipinski definition) is 10. The largest absolute Gasteiger partial charge is 0.494 e. The van der Waals surface area contributed by atoms with E-state index in [2.05, 4.69) is 13.2 Å². The third-order valence-corrected chi connectivity index (χ3v) is 7.11. The van der Waals surface area contributed by atoms with Crippen LogP contribution in [0.1, 0.15) is 73.7 Å². The minimum Gasteiger partial charge on any atom is -0.494 e. The second-order valence-corrected chi connectivity index (χ2v) is 10.5. The van der Waals surface area contributed by atoms with Crippen molar-refractivity contribution in [2.75, 3.05) is 13.2 Å². The highest BCUT2D eigenvalue weighted by molar-refractivity contribution is 6.58. The quantitative estimate of drug-likeness (QED) is 0.0303. The Kier molecular flexibility index (Phi) is 17.6. The van der Waals surface area contributed by atoms with Crippen molar-refractivity contribution in [1.82, 2.24) is 0 Å². The van der Waals surface area contributed by atoms with Crippen LogP contribution < -0.4 is 14.9 Å². The van der Waals surface area contributed by atoms with Crippen molar-refractivity contribution in [3.63, 3.8) is 0 Å². The van der Waals surface area contributed by atoms with Gasteiger partial charge in [-0.3, -0.25) is 0 Å². The van der Waals surface area contributed by atoms with Gasteiger partial charge in [0, 0.05) is 6.08 Å². The van der Waals surface area contributed by atoms with Gasteiger partial charge in [0.2, 0.25) is 0 Å². The lowest BCUT2D eigenvalue weighted by Gasteiger charge is -2.15. The molecule has 3 aromatic rings. The maximum atomic E-state index is 12.9. The Morgan fingerprint density at radius 3 is 1.78 bits per heavy atom. The molecule has 0 saturated carbocycles. The van der Waals surface area contributed by atoms with E-state index in [4.69, 9.17) is 23.7 Å². The van der Waals surface area contributed by atoms with Gasteiger partial charge in [0.15, 0.2) is 0 Å². The van der Waals surface area contributed by atoms with Gasteiger partial charge in [0.05, 0.1) is 24.3 Å². The molecule has 0 aliphatic carbocycles. The molecule has 0 radical (unpaired) electrons.